The molecule has 0 radical (unpaired) electrons. The highest BCUT2D eigenvalue weighted by Gasteiger charge is 2.25. The van der Waals surface area contributed by atoms with Crippen LogP contribution in [0.2, 0.25) is 0 Å². The fraction of sp³-hybridized carbons (Fsp3) is 0.636. The quantitative estimate of drug-likeness (QED) is 0.678. The van der Waals surface area contributed by atoms with Crippen molar-refractivity contribution in [2.75, 3.05) is 5.73 Å². The van der Waals surface area contributed by atoms with E-state index in [0.29, 0.717) is 0 Å². The zero-order valence-electron chi connectivity index (χ0n) is 9.61. The molecule has 94 valence electrons. The number of carbonyl (C=O) groups is 1. The van der Waals surface area contributed by atoms with Crippen LogP contribution in [0.25, 0.3) is 0 Å². The highest BCUT2D eigenvalue weighted by Crippen LogP contribution is 2.28. The van der Waals surface area contributed by atoms with Crippen molar-refractivity contribution in [2.24, 2.45) is 0 Å². The maximum absolute atomic E-state index is 11.7. The summed E-state index contributed by atoms with van der Waals surface area (Å²) in [5, 5.41) is 9.10. The first-order valence-electron chi connectivity index (χ1n) is 5.94. The molecule has 0 bridgehead atoms. The lowest BCUT2D eigenvalue weighted by molar-refractivity contribution is 0.0682. The summed E-state index contributed by atoms with van der Waals surface area (Å²) < 4.78 is 1.32. The molecule has 1 heterocycles. The summed E-state index contributed by atoms with van der Waals surface area (Å²) in [5.41, 5.74) is 5.03. The van der Waals surface area contributed by atoms with Crippen LogP contribution in [0, 0.1) is 0 Å². The molecule has 4 N–H and O–H groups in total. The van der Waals surface area contributed by atoms with Gasteiger partial charge in [-0.15, -0.1) is 0 Å². The van der Waals surface area contributed by atoms with Gasteiger partial charge in [-0.25, -0.2) is 9.59 Å². The molecule has 0 unspecified atom stereocenters. The molecule has 17 heavy (non-hydrogen) atoms. The van der Waals surface area contributed by atoms with Crippen LogP contribution in [0.1, 0.15) is 55.1 Å². The number of aromatic nitrogens is 2. The summed E-state index contributed by atoms with van der Waals surface area (Å²) in [6.45, 7) is 0. The third-order valence-corrected chi connectivity index (χ3v) is 3.35. The Labute approximate surface area is 98.4 Å². The average molecular weight is 239 g/mol. The van der Waals surface area contributed by atoms with Crippen LogP contribution >= 0.6 is 0 Å². The van der Waals surface area contributed by atoms with Crippen LogP contribution in [0.5, 0.6) is 0 Å². The summed E-state index contributed by atoms with van der Waals surface area (Å²) in [6.07, 6.45) is 6.04. The lowest BCUT2D eigenvalue weighted by atomic mass is 10.1. The first-order chi connectivity index (χ1) is 8.11. The molecule has 0 atom stereocenters. The Morgan fingerprint density at radius 1 is 1.29 bits per heavy atom. The number of nitrogens with zero attached hydrogens (tertiary/aromatic N) is 1. The minimum atomic E-state index is -1.15. The van der Waals surface area contributed by atoms with E-state index in [1.54, 1.807) is 0 Å². The lowest BCUT2D eigenvalue weighted by Gasteiger charge is -2.16. The standard InChI is InChI=1S/C11H17N3O3/c12-9-8(10(15)16)14(11(17)13-9)7-5-3-1-2-4-6-7/h7H,1-6,12H2,(H,13,17)(H,15,16). The van der Waals surface area contributed by atoms with Gasteiger partial charge in [-0.2, -0.15) is 0 Å². The Bertz CT molecular complexity index is 467. The number of carboxylic acids is 1. The van der Waals surface area contributed by atoms with Gasteiger partial charge < -0.3 is 10.8 Å². The van der Waals surface area contributed by atoms with Gasteiger partial charge in [0.15, 0.2) is 5.69 Å². The highest BCUT2D eigenvalue weighted by atomic mass is 16.4. The summed E-state index contributed by atoms with van der Waals surface area (Å²) in [7, 11) is 0. The Morgan fingerprint density at radius 3 is 2.41 bits per heavy atom. The first-order valence-corrected chi connectivity index (χ1v) is 5.94. The third-order valence-electron chi connectivity index (χ3n) is 3.35. The second-order valence-corrected chi connectivity index (χ2v) is 4.51. The number of nitrogen functional groups attached to an aromatic ring is 1. The Kier molecular flexibility index (Phi) is 3.21. The third kappa shape index (κ3) is 2.20. The molecule has 1 aromatic rings. The lowest BCUT2D eigenvalue weighted by Crippen LogP contribution is -2.25. The van der Waals surface area contributed by atoms with Gasteiger partial charge in [-0.1, -0.05) is 25.7 Å². The predicted molar refractivity (Wildman–Crippen MR) is 63.2 cm³/mol. The molecule has 0 spiro atoms. The van der Waals surface area contributed by atoms with Crippen molar-refractivity contribution >= 4 is 11.8 Å². The molecular formula is C11H17N3O3. The molecule has 6 nitrogen and oxygen atoms in total. The Hall–Kier alpha value is -1.72. The molecule has 1 aliphatic rings. The molecule has 1 fully saturated rings. The second-order valence-electron chi connectivity index (χ2n) is 4.51. The summed E-state index contributed by atoms with van der Waals surface area (Å²) in [4.78, 5) is 25.2. The maximum atomic E-state index is 11.7. The number of hydrogen-bond acceptors (Lipinski definition) is 3. The van der Waals surface area contributed by atoms with Gasteiger partial charge in [-0.05, 0) is 12.8 Å². The number of H-pyrrole nitrogens is 1. The topological polar surface area (TPSA) is 101 Å². The SMILES string of the molecule is Nc1[nH]c(=O)n(C2CCCCCC2)c1C(=O)O. The minimum Gasteiger partial charge on any atom is -0.476 e. The zero-order chi connectivity index (χ0) is 12.4. The second kappa shape index (κ2) is 4.65. The number of carboxylic acid groups (broad SMARTS) is 1. The van der Waals surface area contributed by atoms with E-state index in [1.165, 1.54) is 4.57 Å². The number of aromatic amines is 1. The molecule has 6 heteroatoms. The van der Waals surface area contributed by atoms with Crippen molar-refractivity contribution in [3.63, 3.8) is 0 Å². The van der Waals surface area contributed by atoms with Crippen molar-refractivity contribution in [1.82, 2.24) is 9.55 Å². The summed E-state index contributed by atoms with van der Waals surface area (Å²) in [5.74, 6) is -1.20. The molecule has 0 aromatic carbocycles. The normalized spacial score (nSPS) is 17.9. The molecular weight excluding hydrogens is 222 g/mol. The van der Waals surface area contributed by atoms with Crippen LogP contribution in [0.4, 0.5) is 5.82 Å². The molecule has 1 aliphatic carbocycles. The largest absolute Gasteiger partial charge is 0.476 e. The molecule has 1 aromatic heterocycles. The van der Waals surface area contributed by atoms with Gasteiger partial charge in [0.05, 0.1) is 0 Å². The van der Waals surface area contributed by atoms with E-state index in [1.807, 2.05) is 0 Å². The fourth-order valence-electron chi connectivity index (χ4n) is 2.55. The molecule has 2 rings (SSSR count). The number of imidazole rings is 1. The van der Waals surface area contributed by atoms with E-state index in [0.717, 1.165) is 38.5 Å². The van der Waals surface area contributed by atoms with Gasteiger partial charge in [0.2, 0.25) is 0 Å². The molecule has 1 saturated carbocycles. The number of nitrogens with one attached hydrogen (secondary N) is 1. The van der Waals surface area contributed by atoms with E-state index in [2.05, 4.69) is 4.98 Å². The molecule has 0 saturated heterocycles. The fourth-order valence-corrected chi connectivity index (χ4v) is 2.55. The van der Waals surface area contributed by atoms with E-state index in [4.69, 9.17) is 10.8 Å². The number of rotatable bonds is 2. The van der Waals surface area contributed by atoms with Gasteiger partial charge in [0.1, 0.15) is 5.82 Å². The predicted octanol–water partition coefficient (Wildman–Crippen LogP) is 1.35. The van der Waals surface area contributed by atoms with Crippen LogP contribution in [0.15, 0.2) is 4.79 Å². The van der Waals surface area contributed by atoms with Gasteiger partial charge in [0, 0.05) is 6.04 Å². The molecule has 0 aliphatic heterocycles. The number of hydrogen-bond donors (Lipinski definition) is 3. The van der Waals surface area contributed by atoms with E-state index >= 15 is 0 Å². The monoisotopic (exact) mass is 239 g/mol. The Morgan fingerprint density at radius 2 is 1.88 bits per heavy atom. The van der Waals surface area contributed by atoms with Gasteiger partial charge >= 0.3 is 11.7 Å². The van der Waals surface area contributed by atoms with Crippen LogP contribution < -0.4 is 11.4 Å². The van der Waals surface area contributed by atoms with Gasteiger partial charge in [0.25, 0.3) is 0 Å². The maximum Gasteiger partial charge on any atom is 0.356 e. The van der Waals surface area contributed by atoms with Crippen LogP contribution in [0.3, 0.4) is 0 Å². The Balaban J connectivity index is 2.42. The van der Waals surface area contributed by atoms with E-state index < -0.39 is 11.7 Å². The van der Waals surface area contributed by atoms with Gasteiger partial charge in [-0.3, -0.25) is 9.55 Å². The first kappa shape index (κ1) is 11.8. The summed E-state index contributed by atoms with van der Waals surface area (Å²) in [6, 6.07) is -0.0374. The van der Waals surface area contributed by atoms with E-state index in [9.17, 15) is 9.59 Å². The number of aromatic carboxylic acids is 1. The van der Waals surface area contributed by atoms with E-state index in [-0.39, 0.29) is 17.6 Å². The van der Waals surface area contributed by atoms with Crippen molar-refractivity contribution < 1.29 is 9.90 Å². The van der Waals surface area contributed by atoms with Crippen molar-refractivity contribution in [1.29, 1.82) is 0 Å². The summed E-state index contributed by atoms with van der Waals surface area (Å²) >= 11 is 0. The number of nitrogens with two attached hydrogens (primary N) is 1. The zero-order valence-corrected chi connectivity index (χ0v) is 9.61. The van der Waals surface area contributed by atoms with Crippen molar-refractivity contribution in [3.05, 3.63) is 16.2 Å². The molecule has 0 amide bonds. The minimum absolute atomic E-state index is 0.0374. The smallest absolute Gasteiger partial charge is 0.356 e. The van der Waals surface area contributed by atoms with Crippen molar-refractivity contribution in [2.45, 2.75) is 44.6 Å². The highest BCUT2D eigenvalue weighted by molar-refractivity contribution is 5.90. The average Bonchev–Trinajstić information content (AvgIpc) is 2.47. The number of anilines is 1. The van der Waals surface area contributed by atoms with Crippen LogP contribution in [-0.2, 0) is 0 Å². The van der Waals surface area contributed by atoms with Crippen LogP contribution in [-0.4, -0.2) is 20.6 Å². The van der Waals surface area contributed by atoms with Crippen molar-refractivity contribution in [3.8, 4) is 0 Å².